The van der Waals surface area contributed by atoms with E-state index in [-0.39, 0.29) is 4.90 Å². The van der Waals surface area contributed by atoms with Gasteiger partial charge in [-0.3, -0.25) is 0 Å². The molecule has 4 aromatic rings. The fraction of sp³-hybridized carbons (Fsp3) is 0. The Morgan fingerprint density at radius 1 is 0.696 bits per heavy atom. The van der Waals surface area contributed by atoms with Crippen LogP contribution in [0.3, 0.4) is 0 Å². The van der Waals surface area contributed by atoms with Crippen LogP contribution < -0.4 is 5.73 Å². The average molecular weight is 322 g/mol. The Kier molecular flexibility index (Phi) is 2.92. The van der Waals surface area contributed by atoms with E-state index in [1.54, 1.807) is 12.1 Å². The van der Waals surface area contributed by atoms with E-state index in [2.05, 4.69) is 0 Å². The molecular weight excluding hydrogens is 308 g/mol. The number of nitrogen functional groups attached to an aromatic ring is 1. The van der Waals surface area contributed by atoms with Gasteiger partial charge in [-0.1, -0.05) is 36.4 Å². The summed E-state index contributed by atoms with van der Waals surface area (Å²) in [6.45, 7) is 0. The van der Waals surface area contributed by atoms with Crippen LogP contribution in [0, 0.1) is 0 Å². The second-order valence-electron chi connectivity index (χ2n) is 5.37. The van der Waals surface area contributed by atoms with E-state index in [1.165, 1.54) is 16.1 Å². The number of para-hydroxylation sites is 2. The Balaban J connectivity index is 2.13. The summed E-state index contributed by atoms with van der Waals surface area (Å²) in [4.78, 5) is 0.221. The number of fused-ring (bicyclic) bond motifs is 3. The second-order valence-corrected chi connectivity index (χ2v) is 7.16. The highest BCUT2D eigenvalue weighted by Crippen LogP contribution is 2.32. The van der Waals surface area contributed by atoms with Crippen molar-refractivity contribution in [2.45, 2.75) is 4.90 Å². The molecule has 0 aliphatic heterocycles. The van der Waals surface area contributed by atoms with E-state index in [4.69, 9.17) is 5.73 Å². The number of nitrogens with two attached hydrogens (primary N) is 1. The van der Waals surface area contributed by atoms with Gasteiger partial charge < -0.3 is 5.73 Å². The van der Waals surface area contributed by atoms with Crippen molar-refractivity contribution in [3.63, 3.8) is 0 Å². The van der Waals surface area contributed by atoms with Crippen molar-refractivity contribution in [2.24, 2.45) is 0 Å². The molecule has 0 spiro atoms. The van der Waals surface area contributed by atoms with Crippen LogP contribution in [0.1, 0.15) is 0 Å². The van der Waals surface area contributed by atoms with Gasteiger partial charge in [0.25, 0.3) is 10.0 Å². The van der Waals surface area contributed by atoms with Gasteiger partial charge in [0.05, 0.1) is 15.9 Å². The van der Waals surface area contributed by atoms with Crippen LogP contribution in [0.25, 0.3) is 21.8 Å². The van der Waals surface area contributed by atoms with Gasteiger partial charge in [0, 0.05) is 16.5 Å². The molecule has 0 atom stereocenters. The first-order valence-corrected chi connectivity index (χ1v) is 8.62. The van der Waals surface area contributed by atoms with E-state index >= 15 is 0 Å². The zero-order valence-corrected chi connectivity index (χ0v) is 13.0. The number of hydrogen-bond acceptors (Lipinski definition) is 3. The molecule has 4 nitrogen and oxygen atoms in total. The van der Waals surface area contributed by atoms with E-state index in [0.29, 0.717) is 16.7 Å². The molecule has 1 aromatic heterocycles. The summed E-state index contributed by atoms with van der Waals surface area (Å²) in [7, 11) is -3.70. The molecule has 0 radical (unpaired) electrons. The molecule has 23 heavy (non-hydrogen) atoms. The smallest absolute Gasteiger partial charge is 0.268 e. The van der Waals surface area contributed by atoms with E-state index in [1.807, 2.05) is 48.5 Å². The lowest BCUT2D eigenvalue weighted by atomic mass is 10.2. The summed E-state index contributed by atoms with van der Waals surface area (Å²) in [6.07, 6.45) is 0. The number of aromatic nitrogens is 1. The number of anilines is 1. The van der Waals surface area contributed by atoms with Crippen LogP contribution in [0.5, 0.6) is 0 Å². The Bertz CT molecular complexity index is 1070. The third-order valence-corrected chi connectivity index (χ3v) is 5.70. The minimum atomic E-state index is -3.70. The van der Waals surface area contributed by atoms with Crippen LogP contribution in [-0.2, 0) is 10.0 Å². The summed E-state index contributed by atoms with van der Waals surface area (Å²) in [5.74, 6) is 0. The normalized spacial score (nSPS) is 12.0. The zero-order valence-electron chi connectivity index (χ0n) is 12.2. The van der Waals surface area contributed by atoms with Gasteiger partial charge in [-0.05, 0) is 36.4 Å². The molecule has 0 aliphatic rings. The fourth-order valence-electron chi connectivity index (χ4n) is 2.89. The van der Waals surface area contributed by atoms with Crippen LogP contribution in [-0.4, -0.2) is 12.4 Å². The standard InChI is InChI=1S/C18H14N2O2S/c19-13-9-11-14(12-10-13)23(21,22)20-17-7-3-1-5-15(17)16-6-2-4-8-18(16)20/h1-12H,19H2. The number of benzene rings is 3. The molecule has 0 aliphatic carbocycles. The Morgan fingerprint density at radius 2 is 1.17 bits per heavy atom. The molecule has 2 N–H and O–H groups in total. The average Bonchev–Trinajstić information content (AvgIpc) is 2.90. The highest BCUT2D eigenvalue weighted by Gasteiger charge is 2.22. The summed E-state index contributed by atoms with van der Waals surface area (Å²) in [5.41, 5.74) is 7.55. The summed E-state index contributed by atoms with van der Waals surface area (Å²) in [5, 5.41) is 1.84. The summed E-state index contributed by atoms with van der Waals surface area (Å²) >= 11 is 0. The van der Waals surface area contributed by atoms with E-state index < -0.39 is 10.0 Å². The lowest BCUT2D eigenvalue weighted by molar-refractivity contribution is 0.590. The molecule has 1 heterocycles. The predicted octanol–water partition coefficient (Wildman–Crippen LogP) is 3.61. The zero-order chi connectivity index (χ0) is 16.0. The Labute approximate surface area is 133 Å². The minimum Gasteiger partial charge on any atom is -0.399 e. The molecule has 3 aromatic carbocycles. The minimum absolute atomic E-state index is 0.221. The summed E-state index contributed by atoms with van der Waals surface area (Å²) in [6, 6.07) is 21.3. The number of rotatable bonds is 2. The Hall–Kier alpha value is -2.79. The van der Waals surface area contributed by atoms with Gasteiger partial charge >= 0.3 is 0 Å². The van der Waals surface area contributed by atoms with E-state index in [0.717, 1.165) is 10.8 Å². The lowest BCUT2D eigenvalue weighted by Crippen LogP contribution is -2.12. The first-order valence-electron chi connectivity index (χ1n) is 7.18. The maximum absolute atomic E-state index is 13.2. The SMILES string of the molecule is Nc1ccc(S(=O)(=O)n2c3ccccc3c3ccccc32)cc1. The number of hydrogen-bond donors (Lipinski definition) is 1. The van der Waals surface area contributed by atoms with Crippen molar-refractivity contribution >= 4 is 37.5 Å². The molecule has 0 bridgehead atoms. The molecule has 0 saturated carbocycles. The van der Waals surface area contributed by atoms with Gasteiger partial charge in [0.1, 0.15) is 0 Å². The van der Waals surface area contributed by atoms with Crippen LogP contribution >= 0.6 is 0 Å². The first-order chi connectivity index (χ1) is 11.1. The first kappa shape index (κ1) is 13.8. The topological polar surface area (TPSA) is 65.1 Å². The van der Waals surface area contributed by atoms with Crippen LogP contribution in [0.2, 0.25) is 0 Å². The molecule has 0 fully saturated rings. The molecule has 0 unspecified atom stereocenters. The highest BCUT2D eigenvalue weighted by atomic mass is 32.2. The van der Waals surface area contributed by atoms with Gasteiger partial charge in [0.2, 0.25) is 0 Å². The van der Waals surface area contributed by atoms with Gasteiger partial charge in [0.15, 0.2) is 0 Å². The van der Waals surface area contributed by atoms with Gasteiger partial charge in [-0.2, -0.15) is 0 Å². The molecule has 5 heteroatoms. The third-order valence-electron chi connectivity index (χ3n) is 3.95. The van der Waals surface area contributed by atoms with Crippen molar-refractivity contribution < 1.29 is 8.42 Å². The fourth-order valence-corrected chi connectivity index (χ4v) is 4.42. The largest absolute Gasteiger partial charge is 0.399 e. The molecule has 0 saturated heterocycles. The van der Waals surface area contributed by atoms with Gasteiger partial charge in [-0.15, -0.1) is 0 Å². The maximum Gasteiger partial charge on any atom is 0.268 e. The molecule has 4 rings (SSSR count). The quantitative estimate of drug-likeness (QED) is 0.573. The van der Waals surface area contributed by atoms with Crippen molar-refractivity contribution in [1.29, 1.82) is 0 Å². The van der Waals surface area contributed by atoms with Crippen molar-refractivity contribution in [3.8, 4) is 0 Å². The van der Waals surface area contributed by atoms with Crippen molar-refractivity contribution in [2.75, 3.05) is 5.73 Å². The van der Waals surface area contributed by atoms with Crippen LogP contribution in [0.15, 0.2) is 77.7 Å². The highest BCUT2D eigenvalue weighted by molar-refractivity contribution is 7.90. The summed E-state index contributed by atoms with van der Waals surface area (Å²) < 4.78 is 27.7. The molecule has 0 amide bonds. The van der Waals surface area contributed by atoms with Gasteiger partial charge in [-0.25, -0.2) is 12.4 Å². The van der Waals surface area contributed by atoms with Crippen LogP contribution in [0.4, 0.5) is 5.69 Å². The number of nitrogens with zero attached hydrogens (tertiary/aromatic N) is 1. The predicted molar refractivity (Wildman–Crippen MR) is 92.9 cm³/mol. The van der Waals surface area contributed by atoms with Crippen molar-refractivity contribution in [1.82, 2.24) is 3.97 Å². The molecular formula is C18H14N2O2S. The third kappa shape index (κ3) is 2.01. The second kappa shape index (κ2) is 4.86. The molecule has 114 valence electrons. The maximum atomic E-state index is 13.2. The lowest BCUT2D eigenvalue weighted by Gasteiger charge is -2.09. The Morgan fingerprint density at radius 3 is 1.70 bits per heavy atom. The monoisotopic (exact) mass is 322 g/mol. The van der Waals surface area contributed by atoms with E-state index in [9.17, 15) is 8.42 Å². The van der Waals surface area contributed by atoms with Crippen molar-refractivity contribution in [3.05, 3.63) is 72.8 Å².